The summed E-state index contributed by atoms with van der Waals surface area (Å²) in [6.07, 6.45) is 7.99. The van der Waals surface area contributed by atoms with Crippen LogP contribution in [0.2, 0.25) is 0 Å². The Morgan fingerprint density at radius 1 is 1.04 bits per heavy atom. The molecule has 0 bridgehead atoms. The van der Waals surface area contributed by atoms with Gasteiger partial charge in [0.15, 0.2) is 5.96 Å². The van der Waals surface area contributed by atoms with Crippen molar-refractivity contribution in [3.8, 4) is 0 Å². The number of likely N-dealkylation sites (tertiary alicyclic amines) is 1. The van der Waals surface area contributed by atoms with E-state index in [0.717, 1.165) is 51.6 Å². The topological polar surface area (TPSA) is 49.3 Å². The number of morpholine rings is 1. The highest BCUT2D eigenvalue weighted by Crippen LogP contribution is 2.21. The van der Waals surface area contributed by atoms with Gasteiger partial charge in [0.2, 0.25) is 0 Å². The lowest BCUT2D eigenvalue weighted by atomic mass is 10.1. The molecule has 3 aliphatic heterocycles. The van der Waals surface area contributed by atoms with E-state index in [9.17, 15) is 0 Å². The number of nitrogens with zero attached hydrogens (tertiary/aromatic N) is 3. The van der Waals surface area contributed by atoms with E-state index in [1.165, 1.54) is 45.3 Å². The minimum absolute atomic E-state index is 0.190. The maximum Gasteiger partial charge on any atom is 0.193 e. The van der Waals surface area contributed by atoms with Crippen molar-refractivity contribution in [3.05, 3.63) is 0 Å². The van der Waals surface area contributed by atoms with Gasteiger partial charge in [-0.3, -0.25) is 4.99 Å². The van der Waals surface area contributed by atoms with Crippen molar-refractivity contribution in [3.63, 3.8) is 0 Å². The summed E-state index contributed by atoms with van der Waals surface area (Å²) < 4.78 is 11.7. The average molecular weight is 338 g/mol. The van der Waals surface area contributed by atoms with Crippen LogP contribution in [0.15, 0.2) is 4.99 Å². The highest BCUT2D eigenvalue weighted by Gasteiger charge is 2.32. The molecule has 3 aliphatic rings. The molecule has 1 N–H and O–H groups in total. The lowest BCUT2D eigenvalue weighted by Crippen LogP contribution is -2.53. The Balaban J connectivity index is 1.35. The zero-order valence-corrected chi connectivity index (χ0v) is 15.2. The predicted molar refractivity (Wildman–Crippen MR) is 96.6 cm³/mol. The molecule has 0 aromatic heterocycles. The molecule has 3 fully saturated rings. The number of rotatable bonds is 6. The van der Waals surface area contributed by atoms with Crippen LogP contribution < -0.4 is 5.32 Å². The molecule has 24 heavy (non-hydrogen) atoms. The van der Waals surface area contributed by atoms with E-state index in [2.05, 4.69) is 20.1 Å². The van der Waals surface area contributed by atoms with Crippen molar-refractivity contribution in [2.24, 2.45) is 4.99 Å². The van der Waals surface area contributed by atoms with Crippen molar-refractivity contribution < 1.29 is 9.47 Å². The maximum atomic E-state index is 5.93. The van der Waals surface area contributed by atoms with Crippen LogP contribution in [0.25, 0.3) is 0 Å². The number of unbranched alkanes of at least 4 members (excludes halogenated alkanes) is 1. The van der Waals surface area contributed by atoms with Gasteiger partial charge < -0.3 is 24.6 Å². The van der Waals surface area contributed by atoms with Gasteiger partial charge in [0.1, 0.15) is 6.10 Å². The van der Waals surface area contributed by atoms with E-state index in [-0.39, 0.29) is 12.2 Å². The van der Waals surface area contributed by atoms with Crippen molar-refractivity contribution >= 4 is 5.96 Å². The van der Waals surface area contributed by atoms with Crippen molar-refractivity contribution in [1.82, 2.24) is 15.1 Å². The number of nitrogens with one attached hydrogen (secondary N) is 1. The molecule has 0 saturated carbocycles. The highest BCUT2D eigenvalue weighted by molar-refractivity contribution is 5.80. The van der Waals surface area contributed by atoms with E-state index >= 15 is 0 Å². The van der Waals surface area contributed by atoms with Crippen molar-refractivity contribution in [2.45, 2.75) is 50.7 Å². The van der Waals surface area contributed by atoms with Crippen molar-refractivity contribution in [2.75, 3.05) is 59.5 Å². The Morgan fingerprint density at radius 2 is 1.88 bits per heavy atom. The van der Waals surface area contributed by atoms with Gasteiger partial charge in [-0.1, -0.05) is 0 Å². The summed E-state index contributed by atoms with van der Waals surface area (Å²) in [7, 11) is 1.88. The molecular weight excluding hydrogens is 304 g/mol. The van der Waals surface area contributed by atoms with Crippen LogP contribution in [-0.2, 0) is 9.47 Å². The maximum absolute atomic E-state index is 5.93. The Morgan fingerprint density at radius 3 is 2.62 bits per heavy atom. The third-order valence-electron chi connectivity index (χ3n) is 5.37. The fraction of sp³-hybridized carbons (Fsp3) is 0.944. The molecule has 0 amide bonds. The smallest absolute Gasteiger partial charge is 0.193 e. The third-order valence-corrected chi connectivity index (χ3v) is 5.37. The van der Waals surface area contributed by atoms with Gasteiger partial charge in [-0.2, -0.15) is 0 Å². The third kappa shape index (κ3) is 5.07. The van der Waals surface area contributed by atoms with Gasteiger partial charge in [-0.15, -0.1) is 0 Å². The van der Waals surface area contributed by atoms with E-state index in [1.807, 2.05) is 7.05 Å². The van der Waals surface area contributed by atoms with Gasteiger partial charge in [0.05, 0.1) is 12.7 Å². The van der Waals surface area contributed by atoms with Crippen LogP contribution in [0.4, 0.5) is 0 Å². The van der Waals surface area contributed by atoms with E-state index in [0.29, 0.717) is 0 Å². The average Bonchev–Trinajstić information content (AvgIpc) is 3.32. The molecule has 6 nitrogen and oxygen atoms in total. The van der Waals surface area contributed by atoms with Crippen LogP contribution in [0, 0.1) is 0 Å². The highest BCUT2D eigenvalue weighted by atomic mass is 16.5. The number of aliphatic imine (C=N–C) groups is 1. The van der Waals surface area contributed by atoms with Crippen LogP contribution in [0.3, 0.4) is 0 Å². The molecule has 138 valence electrons. The van der Waals surface area contributed by atoms with E-state index < -0.39 is 0 Å². The first-order valence-electron chi connectivity index (χ1n) is 9.78. The first-order chi connectivity index (χ1) is 11.9. The molecule has 0 radical (unpaired) electrons. The summed E-state index contributed by atoms with van der Waals surface area (Å²) in [6, 6.07) is 0. The predicted octanol–water partition coefficient (Wildman–Crippen LogP) is 1.32. The Labute approximate surface area is 146 Å². The second-order valence-electron chi connectivity index (χ2n) is 7.14. The van der Waals surface area contributed by atoms with Crippen LogP contribution in [0.1, 0.15) is 38.5 Å². The molecule has 0 aromatic rings. The van der Waals surface area contributed by atoms with Crippen LogP contribution in [-0.4, -0.2) is 87.5 Å². The summed E-state index contributed by atoms with van der Waals surface area (Å²) in [4.78, 5) is 9.39. The lowest BCUT2D eigenvalue weighted by Gasteiger charge is -2.37. The second-order valence-corrected chi connectivity index (χ2v) is 7.14. The molecule has 0 aliphatic carbocycles. The molecule has 3 rings (SSSR count). The molecule has 0 aromatic carbocycles. The molecule has 3 heterocycles. The summed E-state index contributed by atoms with van der Waals surface area (Å²) in [6.45, 7) is 8.30. The summed E-state index contributed by atoms with van der Waals surface area (Å²) in [5, 5.41) is 3.54. The van der Waals surface area contributed by atoms with Crippen LogP contribution >= 0.6 is 0 Å². The molecule has 3 saturated heterocycles. The molecule has 2 atom stereocenters. The van der Waals surface area contributed by atoms with Crippen molar-refractivity contribution in [1.29, 1.82) is 0 Å². The van der Waals surface area contributed by atoms with Gasteiger partial charge in [-0.25, -0.2) is 0 Å². The number of guanidine groups is 1. The summed E-state index contributed by atoms with van der Waals surface area (Å²) in [5.41, 5.74) is 0. The minimum Gasteiger partial charge on any atom is -0.375 e. The number of hydrogen-bond donors (Lipinski definition) is 1. The molecule has 6 heteroatoms. The standard InChI is InChI=1S/C18H34N4O2/c1-19-18(20-8-2-3-9-21-10-4-5-11-21)22-12-14-24-17(15-22)16-7-6-13-23-16/h16-17H,2-15H2,1H3,(H,19,20). The molecular formula is C18H34N4O2. The number of hydrogen-bond acceptors (Lipinski definition) is 4. The fourth-order valence-corrected chi connectivity index (χ4v) is 3.99. The first-order valence-corrected chi connectivity index (χ1v) is 9.78. The Kier molecular flexibility index (Phi) is 7.17. The molecule has 2 unspecified atom stereocenters. The van der Waals surface area contributed by atoms with Gasteiger partial charge in [0.25, 0.3) is 0 Å². The lowest BCUT2D eigenvalue weighted by molar-refractivity contribution is -0.0816. The molecule has 0 spiro atoms. The quantitative estimate of drug-likeness (QED) is 0.450. The Hall–Kier alpha value is -0.850. The van der Waals surface area contributed by atoms with Crippen LogP contribution in [0.5, 0.6) is 0 Å². The first kappa shape index (κ1) is 18.0. The van der Waals surface area contributed by atoms with Gasteiger partial charge in [0, 0.05) is 33.3 Å². The summed E-state index contributed by atoms with van der Waals surface area (Å²) in [5.74, 6) is 1.02. The SMILES string of the molecule is CN=C(NCCCCN1CCCC1)N1CCOC(C2CCCO2)C1. The normalized spacial score (nSPS) is 29.4. The van der Waals surface area contributed by atoms with E-state index in [1.54, 1.807) is 0 Å². The minimum atomic E-state index is 0.190. The van der Waals surface area contributed by atoms with Gasteiger partial charge in [-0.05, 0) is 58.2 Å². The zero-order chi connectivity index (χ0) is 16.6. The monoisotopic (exact) mass is 338 g/mol. The largest absolute Gasteiger partial charge is 0.375 e. The zero-order valence-electron chi connectivity index (χ0n) is 15.2. The fourth-order valence-electron chi connectivity index (χ4n) is 3.99. The summed E-state index contributed by atoms with van der Waals surface area (Å²) >= 11 is 0. The Bertz CT molecular complexity index is 392. The second kappa shape index (κ2) is 9.59. The number of ether oxygens (including phenoxy) is 2. The van der Waals surface area contributed by atoms with Gasteiger partial charge >= 0.3 is 0 Å². The van der Waals surface area contributed by atoms with E-state index in [4.69, 9.17) is 9.47 Å².